The first-order valence-corrected chi connectivity index (χ1v) is 8.24. The maximum absolute atomic E-state index is 11.7. The van der Waals surface area contributed by atoms with E-state index in [1.807, 2.05) is 0 Å². The maximum Gasteiger partial charge on any atom is 0.243 e. The zero-order valence-electron chi connectivity index (χ0n) is 14.5. The van der Waals surface area contributed by atoms with Gasteiger partial charge in [-0.2, -0.15) is 0 Å². The van der Waals surface area contributed by atoms with Crippen LogP contribution in [0.4, 0.5) is 0 Å². The van der Waals surface area contributed by atoms with Crippen LogP contribution in [0.5, 0.6) is 0 Å². The fourth-order valence-electron chi connectivity index (χ4n) is 2.36. The lowest BCUT2D eigenvalue weighted by molar-refractivity contribution is -0.127. The Balaban J connectivity index is 0.00000441. The topological polar surface area (TPSA) is 56.7 Å². The van der Waals surface area contributed by atoms with Gasteiger partial charge in [0.05, 0.1) is 0 Å². The Morgan fingerprint density at radius 1 is 1.23 bits per heavy atom. The molecule has 1 rings (SSSR count). The lowest BCUT2D eigenvalue weighted by atomic mass is 9.96. The Bertz CT molecular complexity index is 339. The number of rotatable bonds is 6. The predicted molar refractivity (Wildman–Crippen MR) is 104 cm³/mol. The quantitative estimate of drug-likeness (QED) is 0.392. The Labute approximate surface area is 152 Å². The molecular weight excluding hydrogens is 391 g/mol. The molecular formula is C16H33IN4O. The highest BCUT2D eigenvalue weighted by Crippen LogP contribution is 2.17. The van der Waals surface area contributed by atoms with E-state index >= 15 is 0 Å². The van der Waals surface area contributed by atoms with Gasteiger partial charge < -0.3 is 15.5 Å². The van der Waals surface area contributed by atoms with E-state index in [4.69, 9.17) is 0 Å². The molecule has 22 heavy (non-hydrogen) atoms. The van der Waals surface area contributed by atoms with E-state index in [-0.39, 0.29) is 36.4 Å². The van der Waals surface area contributed by atoms with Crippen molar-refractivity contribution >= 4 is 35.8 Å². The summed E-state index contributed by atoms with van der Waals surface area (Å²) >= 11 is 0. The molecule has 6 heteroatoms. The molecule has 0 radical (unpaired) electrons. The molecule has 1 saturated carbocycles. The zero-order valence-corrected chi connectivity index (χ0v) is 16.9. The highest BCUT2D eigenvalue weighted by molar-refractivity contribution is 14.0. The number of nitrogens with zero attached hydrogens (tertiary/aromatic N) is 2. The van der Waals surface area contributed by atoms with E-state index in [9.17, 15) is 4.79 Å². The van der Waals surface area contributed by atoms with Crippen LogP contribution in [0.25, 0.3) is 0 Å². The molecule has 0 heterocycles. The van der Waals surface area contributed by atoms with Crippen LogP contribution in [0.1, 0.15) is 52.4 Å². The van der Waals surface area contributed by atoms with E-state index in [0.29, 0.717) is 12.0 Å². The van der Waals surface area contributed by atoms with Gasteiger partial charge in [0.2, 0.25) is 5.91 Å². The highest BCUT2D eigenvalue weighted by atomic mass is 127. The summed E-state index contributed by atoms with van der Waals surface area (Å²) in [7, 11) is 3.52. The molecule has 0 aliphatic heterocycles. The minimum absolute atomic E-state index is 0. The lowest BCUT2D eigenvalue weighted by Crippen LogP contribution is -2.45. The maximum atomic E-state index is 11.7. The fourth-order valence-corrected chi connectivity index (χ4v) is 2.36. The second kappa shape index (κ2) is 12.0. The van der Waals surface area contributed by atoms with E-state index in [1.54, 1.807) is 19.0 Å². The molecule has 1 aliphatic rings. The normalized spacial score (nSPS) is 16.1. The molecule has 130 valence electrons. The molecule has 2 N–H and O–H groups in total. The van der Waals surface area contributed by atoms with Gasteiger partial charge in [0.15, 0.2) is 5.96 Å². The largest absolute Gasteiger partial charge is 0.356 e. The van der Waals surface area contributed by atoms with Crippen molar-refractivity contribution < 1.29 is 4.79 Å². The number of carbonyl (C=O) groups is 1. The molecule has 0 spiro atoms. The van der Waals surface area contributed by atoms with E-state index in [2.05, 4.69) is 29.5 Å². The molecule has 0 atom stereocenters. The van der Waals surface area contributed by atoms with Gasteiger partial charge in [-0.1, -0.05) is 33.1 Å². The van der Waals surface area contributed by atoms with Crippen LogP contribution in [0.3, 0.4) is 0 Å². The van der Waals surface area contributed by atoms with Gasteiger partial charge in [0.1, 0.15) is 6.54 Å². The number of hydrogen-bond donors (Lipinski definition) is 2. The molecule has 0 saturated heterocycles. The number of carbonyl (C=O) groups excluding carboxylic acids is 1. The van der Waals surface area contributed by atoms with Crippen molar-refractivity contribution in [2.75, 3.05) is 27.2 Å². The van der Waals surface area contributed by atoms with Gasteiger partial charge in [-0.3, -0.25) is 4.79 Å². The summed E-state index contributed by atoms with van der Waals surface area (Å²) in [6.07, 6.45) is 7.41. The van der Waals surface area contributed by atoms with Crippen LogP contribution in [0, 0.1) is 5.92 Å². The third-order valence-corrected chi connectivity index (χ3v) is 3.83. The zero-order chi connectivity index (χ0) is 15.7. The molecule has 1 amide bonds. The number of halogens is 1. The summed E-state index contributed by atoms with van der Waals surface area (Å²) in [5.74, 6) is 1.48. The van der Waals surface area contributed by atoms with Crippen LogP contribution >= 0.6 is 24.0 Å². The van der Waals surface area contributed by atoms with Crippen molar-refractivity contribution in [2.45, 2.75) is 58.4 Å². The first kappa shape index (κ1) is 21.5. The van der Waals surface area contributed by atoms with Gasteiger partial charge in [-0.15, -0.1) is 24.0 Å². The lowest BCUT2D eigenvalue weighted by Gasteiger charge is -2.25. The third kappa shape index (κ3) is 9.48. The van der Waals surface area contributed by atoms with Gasteiger partial charge in [-0.25, -0.2) is 4.99 Å². The average Bonchev–Trinajstić information content (AvgIpc) is 2.44. The molecule has 0 aromatic carbocycles. The number of likely N-dealkylation sites (N-methyl/N-ethyl adjacent to an activating group) is 1. The van der Waals surface area contributed by atoms with E-state index in [1.165, 1.54) is 32.1 Å². The van der Waals surface area contributed by atoms with Crippen LogP contribution in [-0.4, -0.2) is 50.0 Å². The summed E-state index contributed by atoms with van der Waals surface area (Å²) in [6, 6.07) is 0.499. The third-order valence-electron chi connectivity index (χ3n) is 3.83. The van der Waals surface area contributed by atoms with Gasteiger partial charge >= 0.3 is 0 Å². The van der Waals surface area contributed by atoms with E-state index in [0.717, 1.165) is 18.9 Å². The van der Waals surface area contributed by atoms with Crippen molar-refractivity contribution in [2.24, 2.45) is 10.9 Å². The van der Waals surface area contributed by atoms with Crippen molar-refractivity contribution in [3.8, 4) is 0 Å². The van der Waals surface area contributed by atoms with E-state index < -0.39 is 0 Å². The second-order valence-electron chi connectivity index (χ2n) is 6.54. The van der Waals surface area contributed by atoms with Crippen molar-refractivity contribution in [3.63, 3.8) is 0 Å². The van der Waals surface area contributed by atoms with Gasteiger partial charge in [0.25, 0.3) is 0 Å². The van der Waals surface area contributed by atoms with Gasteiger partial charge in [-0.05, 0) is 25.2 Å². The number of nitrogens with one attached hydrogen (secondary N) is 2. The predicted octanol–water partition coefficient (Wildman–Crippen LogP) is 2.61. The first-order valence-electron chi connectivity index (χ1n) is 8.24. The Morgan fingerprint density at radius 2 is 1.86 bits per heavy atom. The summed E-state index contributed by atoms with van der Waals surface area (Å²) in [5, 5.41) is 6.85. The Kier molecular flexibility index (Phi) is 11.7. The van der Waals surface area contributed by atoms with Gasteiger partial charge in [0, 0.05) is 26.7 Å². The second-order valence-corrected chi connectivity index (χ2v) is 6.54. The van der Waals surface area contributed by atoms with Crippen LogP contribution in [-0.2, 0) is 4.79 Å². The molecule has 5 nitrogen and oxygen atoms in total. The number of guanidine groups is 1. The van der Waals surface area contributed by atoms with Crippen molar-refractivity contribution in [3.05, 3.63) is 0 Å². The Morgan fingerprint density at radius 3 is 2.41 bits per heavy atom. The summed E-state index contributed by atoms with van der Waals surface area (Å²) in [6.45, 7) is 5.52. The smallest absolute Gasteiger partial charge is 0.243 e. The standard InChI is InChI=1S/C16H32N4O.HI/c1-13(2)10-11-17-16(18-12-15(21)20(3)4)19-14-8-6-5-7-9-14;/h13-14H,5-12H2,1-4H3,(H2,17,18,19);1H. The molecule has 0 unspecified atom stereocenters. The number of aliphatic imine (C=N–C) groups is 1. The summed E-state index contributed by atoms with van der Waals surface area (Å²) < 4.78 is 0. The highest BCUT2D eigenvalue weighted by Gasteiger charge is 2.15. The van der Waals surface area contributed by atoms with Crippen molar-refractivity contribution in [1.29, 1.82) is 0 Å². The number of hydrogen-bond acceptors (Lipinski definition) is 2. The first-order chi connectivity index (χ1) is 9.99. The monoisotopic (exact) mass is 424 g/mol. The molecule has 1 aliphatic carbocycles. The minimum atomic E-state index is 0. The SMILES string of the molecule is CC(C)CCNC(=NCC(=O)N(C)C)NC1CCCCC1.I. The van der Waals surface area contributed by atoms with Crippen LogP contribution in [0.15, 0.2) is 4.99 Å². The summed E-state index contributed by atoms with van der Waals surface area (Å²) in [5.41, 5.74) is 0. The molecule has 0 aromatic rings. The Hall–Kier alpha value is -0.530. The fraction of sp³-hybridized carbons (Fsp3) is 0.875. The average molecular weight is 424 g/mol. The minimum Gasteiger partial charge on any atom is -0.356 e. The van der Waals surface area contributed by atoms with Crippen molar-refractivity contribution in [1.82, 2.24) is 15.5 Å². The van der Waals surface area contributed by atoms with Crippen LogP contribution in [0.2, 0.25) is 0 Å². The molecule has 0 bridgehead atoms. The molecule has 1 fully saturated rings. The van der Waals surface area contributed by atoms with Crippen LogP contribution < -0.4 is 10.6 Å². The number of amides is 1. The molecule has 0 aromatic heterocycles. The summed E-state index contributed by atoms with van der Waals surface area (Å²) in [4.78, 5) is 17.7.